The Bertz CT molecular complexity index is 632. The lowest BCUT2D eigenvalue weighted by Gasteiger charge is -2.11. The molecule has 0 unspecified atom stereocenters. The fraction of sp³-hybridized carbons (Fsp3) is 0.0714. The number of methoxy groups -OCH3 is 1. The predicted molar refractivity (Wildman–Crippen MR) is 71.8 cm³/mol. The topological polar surface area (TPSA) is 71.1 Å². The molecule has 0 amide bonds. The molecule has 0 aliphatic heterocycles. The molecule has 0 saturated heterocycles. The van der Waals surface area contributed by atoms with Crippen LogP contribution in [0.5, 0.6) is 5.75 Å². The van der Waals surface area contributed by atoms with Crippen molar-refractivity contribution in [3.8, 4) is 11.8 Å². The average Bonchev–Trinajstić information content (AvgIpc) is 2.42. The largest absolute Gasteiger partial charge is 0.495 e. The third-order valence-corrected chi connectivity index (χ3v) is 2.61. The van der Waals surface area contributed by atoms with Crippen LogP contribution in [0.3, 0.4) is 0 Å². The second-order valence-electron chi connectivity index (χ2n) is 3.89. The molecule has 0 fully saturated rings. The van der Waals surface area contributed by atoms with Gasteiger partial charge in [0.1, 0.15) is 11.6 Å². The van der Waals surface area contributed by atoms with Gasteiger partial charge in [-0.15, -0.1) is 0 Å². The van der Waals surface area contributed by atoms with E-state index in [2.05, 4.69) is 5.32 Å². The van der Waals surface area contributed by atoms with Crippen LogP contribution in [0.25, 0.3) is 0 Å². The van der Waals surface area contributed by atoms with Gasteiger partial charge in [0.2, 0.25) is 0 Å². The molecule has 0 aliphatic rings. The highest BCUT2D eigenvalue weighted by atomic mass is 19.1. The fourth-order valence-electron chi connectivity index (χ4n) is 1.62. The number of halogens is 1. The number of hydrogen-bond acceptors (Lipinski definition) is 4. The van der Waals surface area contributed by atoms with Crippen molar-refractivity contribution in [2.45, 2.75) is 0 Å². The number of ether oxygens (including phenoxy) is 1. The van der Waals surface area contributed by atoms with Crippen molar-refractivity contribution in [1.29, 1.82) is 5.26 Å². The monoisotopic (exact) mass is 257 g/mol. The van der Waals surface area contributed by atoms with E-state index in [4.69, 9.17) is 15.7 Å². The molecular weight excluding hydrogens is 245 g/mol. The van der Waals surface area contributed by atoms with Crippen molar-refractivity contribution in [1.82, 2.24) is 0 Å². The second kappa shape index (κ2) is 5.27. The lowest BCUT2D eigenvalue weighted by Crippen LogP contribution is -1.98. The first-order valence-electron chi connectivity index (χ1n) is 5.54. The third kappa shape index (κ3) is 2.75. The van der Waals surface area contributed by atoms with Crippen LogP contribution in [0.4, 0.5) is 21.5 Å². The van der Waals surface area contributed by atoms with Crippen LogP contribution in [-0.2, 0) is 0 Å². The Morgan fingerprint density at radius 2 is 1.95 bits per heavy atom. The third-order valence-electron chi connectivity index (χ3n) is 2.61. The quantitative estimate of drug-likeness (QED) is 0.829. The van der Waals surface area contributed by atoms with Crippen molar-refractivity contribution in [3.63, 3.8) is 0 Å². The molecule has 2 aromatic rings. The van der Waals surface area contributed by atoms with Crippen LogP contribution < -0.4 is 15.8 Å². The first-order chi connectivity index (χ1) is 9.13. The lowest BCUT2D eigenvalue weighted by atomic mass is 10.2. The second-order valence-corrected chi connectivity index (χ2v) is 3.89. The van der Waals surface area contributed by atoms with Gasteiger partial charge in [-0.3, -0.25) is 0 Å². The van der Waals surface area contributed by atoms with Gasteiger partial charge in [-0.2, -0.15) is 5.26 Å². The molecule has 0 radical (unpaired) electrons. The Morgan fingerprint density at radius 1 is 1.26 bits per heavy atom. The lowest BCUT2D eigenvalue weighted by molar-refractivity contribution is 0.416. The first-order valence-corrected chi connectivity index (χ1v) is 5.54. The van der Waals surface area contributed by atoms with E-state index in [0.717, 1.165) is 0 Å². The highest BCUT2D eigenvalue weighted by molar-refractivity contribution is 5.67. The number of nitrogen functional groups attached to an aromatic ring is 1. The zero-order valence-corrected chi connectivity index (χ0v) is 10.3. The molecular formula is C14H12FN3O. The molecule has 0 heterocycles. The van der Waals surface area contributed by atoms with Gasteiger partial charge in [-0.05, 0) is 24.3 Å². The summed E-state index contributed by atoms with van der Waals surface area (Å²) in [6, 6.07) is 11.4. The van der Waals surface area contributed by atoms with Crippen molar-refractivity contribution < 1.29 is 9.13 Å². The molecule has 0 aliphatic carbocycles. The van der Waals surface area contributed by atoms with Crippen LogP contribution in [-0.4, -0.2) is 7.11 Å². The number of nitriles is 1. The predicted octanol–water partition coefficient (Wildman–Crippen LogP) is 3.03. The van der Waals surface area contributed by atoms with Gasteiger partial charge >= 0.3 is 0 Å². The van der Waals surface area contributed by atoms with Gasteiger partial charge in [-0.25, -0.2) is 4.39 Å². The van der Waals surface area contributed by atoms with Crippen molar-refractivity contribution in [2.75, 3.05) is 18.2 Å². The summed E-state index contributed by atoms with van der Waals surface area (Å²) in [7, 11) is 1.47. The highest BCUT2D eigenvalue weighted by Gasteiger charge is 2.08. The van der Waals surface area contributed by atoms with E-state index in [1.54, 1.807) is 24.3 Å². The molecule has 3 N–H and O–H groups in total. The maximum atomic E-state index is 13.7. The Kier molecular flexibility index (Phi) is 3.53. The molecule has 5 heteroatoms. The van der Waals surface area contributed by atoms with E-state index in [-0.39, 0.29) is 11.4 Å². The van der Waals surface area contributed by atoms with Gasteiger partial charge in [0, 0.05) is 17.8 Å². The zero-order valence-electron chi connectivity index (χ0n) is 10.3. The molecule has 0 bridgehead atoms. The van der Waals surface area contributed by atoms with Crippen molar-refractivity contribution >= 4 is 17.1 Å². The molecule has 0 atom stereocenters. The summed E-state index contributed by atoms with van der Waals surface area (Å²) in [6.45, 7) is 0. The number of nitrogens with two attached hydrogens (primary N) is 1. The highest BCUT2D eigenvalue weighted by Crippen LogP contribution is 2.30. The summed E-state index contributed by atoms with van der Waals surface area (Å²) in [5.41, 5.74) is 7.32. The Morgan fingerprint density at radius 3 is 2.53 bits per heavy atom. The maximum Gasteiger partial charge on any atom is 0.148 e. The molecule has 0 saturated carbocycles. The fourth-order valence-corrected chi connectivity index (χ4v) is 1.62. The summed E-state index contributed by atoms with van der Waals surface area (Å²) in [5.74, 6) is -0.0693. The van der Waals surface area contributed by atoms with E-state index in [1.807, 2.05) is 6.07 Å². The number of nitrogens with zero attached hydrogens (tertiary/aromatic N) is 1. The zero-order chi connectivity index (χ0) is 13.8. The SMILES string of the molecule is COc1cc(Nc2ccc(C#N)cc2)c(F)cc1N. The van der Waals surface area contributed by atoms with E-state index >= 15 is 0 Å². The van der Waals surface area contributed by atoms with Gasteiger partial charge in [-0.1, -0.05) is 0 Å². The molecule has 19 heavy (non-hydrogen) atoms. The number of anilines is 3. The summed E-state index contributed by atoms with van der Waals surface area (Å²) >= 11 is 0. The molecule has 4 nitrogen and oxygen atoms in total. The van der Waals surface area contributed by atoms with Gasteiger partial charge in [0.05, 0.1) is 30.1 Å². The summed E-state index contributed by atoms with van der Waals surface area (Å²) in [4.78, 5) is 0. The van der Waals surface area contributed by atoms with E-state index in [0.29, 0.717) is 17.0 Å². The van der Waals surface area contributed by atoms with Crippen LogP contribution in [0.15, 0.2) is 36.4 Å². The van der Waals surface area contributed by atoms with E-state index in [9.17, 15) is 4.39 Å². The van der Waals surface area contributed by atoms with Gasteiger partial charge in [0.25, 0.3) is 0 Å². The normalized spacial score (nSPS) is 9.74. The van der Waals surface area contributed by atoms with Crippen LogP contribution in [0.2, 0.25) is 0 Å². The summed E-state index contributed by atoms with van der Waals surface area (Å²) in [5, 5.41) is 11.6. The molecule has 96 valence electrons. The minimum atomic E-state index is -0.470. The standard InChI is InChI=1S/C14H12FN3O/c1-19-14-7-13(11(15)6-12(14)17)18-10-4-2-9(8-16)3-5-10/h2-7,18H,17H2,1H3. The van der Waals surface area contributed by atoms with Gasteiger partial charge in [0.15, 0.2) is 0 Å². The summed E-state index contributed by atoms with van der Waals surface area (Å²) in [6.07, 6.45) is 0. The minimum absolute atomic E-state index is 0.241. The Labute approximate surface area is 110 Å². The van der Waals surface area contributed by atoms with Crippen LogP contribution in [0.1, 0.15) is 5.56 Å². The summed E-state index contributed by atoms with van der Waals surface area (Å²) < 4.78 is 18.8. The van der Waals surface area contributed by atoms with Crippen molar-refractivity contribution in [2.24, 2.45) is 0 Å². The van der Waals surface area contributed by atoms with Crippen LogP contribution in [0, 0.1) is 17.1 Å². The first kappa shape index (κ1) is 12.7. The molecule has 0 spiro atoms. The van der Waals surface area contributed by atoms with E-state index < -0.39 is 5.82 Å². The molecule has 2 rings (SSSR count). The maximum absolute atomic E-state index is 13.7. The smallest absolute Gasteiger partial charge is 0.148 e. The minimum Gasteiger partial charge on any atom is -0.495 e. The number of benzene rings is 2. The van der Waals surface area contributed by atoms with Crippen molar-refractivity contribution in [3.05, 3.63) is 47.8 Å². The number of hydrogen-bond donors (Lipinski definition) is 2. The molecule has 0 aromatic heterocycles. The van der Waals surface area contributed by atoms with Gasteiger partial charge < -0.3 is 15.8 Å². The number of rotatable bonds is 3. The van der Waals surface area contributed by atoms with Crippen LogP contribution >= 0.6 is 0 Å². The van der Waals surface area contributed by atoms with E-state index in [1.165, 1.54) is 19.2 Å². The average molecular weight is 257 g/mol. The number of nitrogens with one attached hydrogen (secondary N) is 1. The Hall–Kier alpha value is -2.74. The Balaban J connectivity index is 2.29. The molecule has 2 aromatic carbocycles.